The number of methoxy groups -OCH3 is 2. The van der Waals surface area contributed by atoms with Gasteiger partial charge in [-0.3, -0.25) is 4.79 Å². The zero-order valence-electron chi connectivity index (χ0n) is 24.3. The molecule has 0 bridgehead atoms. The van der Waals surface area contributed by atoms with Crippen molar-refractivity contribution in [2.24, 2.45) is 0 Å². The fourth-order valence-corrected chi connectivity index (χ4v) is 4.20. The Hall–Kier alpha value is -4.98. The summed E-state index contributed by atoms with van der Waals surface area (Å²) in [5.41, 5.74) is 2.14. The molecule has 0 radical (unpaired) electrons. The third kappa shape index (κ3) is 7.40. The molecule has 0 saturated carbocycles. The number of ketones is 1. The monoisotopic (exact) mass is 570 g/mol. The van der Waals surface area contributed by atoms with Crippen LogP contribution in [0.3, 0.4) is 0 Å². The molecule has 0 fully saturated rings. The van der Waals surface area contributed by atoms with Gasteiger partial charge in [-0.2, -0.15) is 0 Å². The van der Waals surface area contributed by atoms with Crippen LogP contribution in [0.4, 0.5) is 0 Å². The topological polar surface area (TPSA) is 89.5 Å². The first-order valence-corrected chi connectivity index (χ1v) is 13.5. The Kier molecular flexibility index (Phi) is 10.1. The SMILES string of the molecule is COc1ccc(C(=O)Oc2cc(OCc3ccccc3)c(OC)c(OC(C)C)c2C(C)=O)cc1OCc1ccccc1. The van der Waals surface area contributed by atoms with E-state index in [4.69, 9.17) is 28.4 Å². The Bertz CT molecular complexity index is 1510. The van der Waals surface area contributed by atoms with Crippen LogP contribution in [0.1, 0.15) is 52.6 Å². The summed E-state index contributed by atoms with van der Waals surface area (Å²) in [6.07, 6.45) is -0.309. The second kappa shape index (κ2) is 14.1. The van der Waals surface area contributed by atoms with Crippen molar-refractivity contribution < 1.29 is 38.0 Å². The third-order valence-corrected chi connectivity index (χ3v) is 6.15. The summed E-state index contributed by atoms with van der Waals surface area (Å²) in [5.74, 6) is 0.345. The lowest BCUT2D eigenvalue weighted by Gasteiger charge is -2.21. The van der Waals surface area contributed by atoms with E-state index in [2.05, 4.69) is 0 Å². The van der Waals surface area contributed by atoms with Gasteiger partial charge in [0.25, 0.3) is 0 Å². The average Bonchev–Trinajstić information content (AvgIpc) is 2.99. The smallest absolute Gasteiger partial charge is 0.343 e. The van der Waals surface area contributed by atoms with Gasteiger partial charge in [-0.1, -0.05) is 60.7 Å². The molecular weight excluding hydrogens is 536 g/mol. The summed E-state index contributed by atoms with van der Waals surface area (Å²) in [5, 5.41) is 0. The molecule has 8 heteroatoms. The van der Waals surface area contributed by atoms with E-state index in [1.54, 1.807) is 18.2 Å². The van der Waals surface area contributed by atoms with Crippen molar-refractivity contribution in [3.05, 3.63) is 107 Å². The molecule has 0 N–H and O–H groups in total. The minimum Gasteiger partial charge on any atom is -0.493 e. The number of hydrogen-bond donors (Lipinski definition) is 0. The predicted octanol–water partition coefficient (Wildman–Crippen LogP) is 7.07. The van der Waals surface area contributed by atoms with E-state index in [0.29, 0.717) is 11.5 Å². The first kappa shape index (κ1) is 30.0. The lowest BCUT2D eigenvalue weighted by Crippen LogP contribution is -2.15. The second-order valence-corrected chi connectivity index (χ2v) is 9.64. The molecule has 0 heterocycles. The second-order valence-electron chi connectivity index (χ2n) is 9.64. The Labute approximate surface area is 245 Å². The lowest BCUT2D eigenvalue weighted by atomic mass is 10.1. The molecule has 218 valence electrons. The van der Waals surface area contributed by atoms with Gasteiger partial charge in [-0.05, 0) is 50.1 Å². The predicted molar refractivity (Wildman–Crippen MR) is 158 cm³/mol. The molecule has 4 rings (SSSR count). The van der Waals surface area contributed by atoms with Gasteiger partial charge in [0.1, 0.15) is 24.5 Å². The van der Waals surface area contributed by atoms with Gasteiger partial charge < -0.3 is 28.4 Å². The van der Waals surface area contributed by atoms with Crippen molar-refractivity contribution in [3.63, 3.8) is 0 Å². The number of esters is 1. The molecule has 8 nitrogen and oxygen atoms in total. The number of ether oxygens (including phenoxy) is 6. The van der Waals surface area contributed by atoms with E-state index in [-0.39, 0.29) is 59.2 Å². The van der Waals surface area contributed by atoms with Crippen molar-refractivity contribution in [2.75, 3.05) is 14.2 Å². The summed E-state index contributed by atoms with van der Waals surface area (Å²) < 4.78 is 34.9. The van der Waals surface area contributed by atoms with Crippen LogP contribution >= 0.6 is 0 Å². The highest BCUT2D eigenvalue weighted by atomic mass is 16.6. The quantitative estimate of drug-likeness (QED) is 0.0958. The molecule has 0 aromatic heterocycles. The van der Waals surface area contributed by atoms with E-state index in [0.717, 1.165) is 11.1 Å². The van der Waals surface area contributed by atoms with Gasteiger partial charge in [0.05, 0.1) is 25.9 Å². The normalized spacial score (nSPS) is 10.6. The van der Waals surface area contributed by atoms with Crippen LogP contribution in [0.5, 0.6) is 34.5 Å². The standard InChI is InChI=1S/C34H34O8/c1-22(2)41-33-31(23(3)35)29(19-30(32(33)38-5)40-21-25-14-10-7-11-15-25)42-34(36)26-16-17-27(37-4)28(18-26)39-20-24-12-8-6-9-13-24/h6-19,22H,20-21H2,1-5H3. The van der Waals surface area contributed by atoms with E-state index < -0.39 is 5.97 Å². The maximum atomic E-state index is 13.5. The van der Waals surface area contributed by atoms with Crippen molar-refractivity contribution in [1.82, 2.24) is 0 Å². The summed E-state index contributed by atoms with van der Waals surface area (Å²) in [7, 11) is 2.98. The molecular formula is C34H34O8. The third-order valence-electron chi connectivity index (χ3n) is 6.15. The van der Waals surface area contributed by atoms with Gasteiger partial charge in [0.2, 0.25) is 5.75 Å². The van der Waals surface area contributed by atoms with Crippen molar-refractivity contribution in [1.29, 1.82) is 0 Å². The molecule has 4 aromatic carbocycles. The van der Waals surface area contributed by atoms with E-state index in [1.807, 2.05) is 74.5 Å². The van der Waals surface area contributed by atoms with Crippen LogP contribution < -0.4 is 28.4 Å². The van der Waals surface area contributed by atoms with Crippen LogP contribution in [0, 0.1) is 0 Å². The highest BCUT2D eigenvalue weighted by Crippen LogP contribution is 2.46. The molecule has 0 unspecified atom stereocenters. The maximum absolute atomic E-state index is 13.5. The summed E-state index contributed by atoms with van der Waals surface area (Å²) >= 11 is 0. The number of rotatable bonds is 13. The van der Waals surface area contributed by atoms with Gasteiger partial charge in [-0.15, -0.1) is 0 Å². The molecule has 0 saturated heterocycles. The van der Waals surface area contributed by atoms with Gasteiger partial charge in [0.15, 0.2) is 28.8 Å². The van der Waals surface area contributed by atoms with Gasteiger partial charge in [-0.25, -0.2) is 4.79 Å². The summed E-state index contributed by atoms with van der Waals surface area (Å²) in [6.45, 7) is 5.50. The fraction of sp³-hybridized carbons (Fsp3) is 0.235. The van der Waals surface area contributed by atoms with E-state index in [1.165, 1.54) is 27.2 Å². The zero-order valence-corrected chi connectivity index (χ0v) is 24.3. The Balaban J connectivity index is 1.69. The first-order chi connectivity index (χ1) is 20.3. The number of carbonyl (C=O) groups excluding carboxylic acids is 2. The van der Waals surface area contributed by atoms with Gasteiger partial charge in [0, 0.05) is 6.07 Å². The largest absolute Gasteiger partial charge is 0.493 e. The average molecular weight is 571 g/mol. The summed E-state index contributed by atoms with van der Waals surface area (Å²) in [6, 6.07) is 25.4. The zero-order chi connectivity index (χ0) is 30.1. The van der Waals surface area contributed by atoms with Crippen molar-refractivity contribution >= 4 is 11.8 Å². The maximum Gasteiger partial charge on any atom is 0.343 e. The molecule has 0 spiro atoms. The Morgan fingerprint density at radius 2 is 1.26 bits per heavy atom. The first-order valence-electron chi connectivity index (χ1n) is 13.5. The summed E-state index contributed by atoms with van der Waals surface area (Å²) in [4.78, 5) is 26.3. The highest BCUT2D eigenvalue weighted by Gasteiger charge is 2.28. The van der Waals surface area contributed by atoms with Crippen molar-refractivity contribution in [2.45, 2.75) is 40.1 Å². The number of Topliss-reactive ketones (excluding diaryl/α,β-unsaturated/α-hetero) is 1. The van der Waals surface area contributed by atoms with E-state index >= 15 is 0 Å². The molecule has 0 aliphatic heterocycles. The highest BCUT2D eigenvalue weighted by molar-refractivity contribution is 6.03. The fourth-order valence-electron chi connectivity index (χ4n) is 4.20. The number of benzene rings is 4. The molecule has 0 aliphatic rings. The van der Waals surface area contributed by atoms with Crippen LogP contribution in [0.2, 0.25) is 0 Å². The molecule has 0 aliphatic carbocycles. The van der Waals surface area contributed by atoms with Crippen LogP contribution in [-0.4, -0.2) is 32.1 Å². The molecule has 4 aromatic rings. The minimum absolute atomic E-state index is 0.0189. The molecule has 0 atom stereocenters. The number of hydrogen-bond acceptors (Lipinski definition) is 8. The van der Waals surface area contributed by atoms with Crippen LogP contribution in [-0.2, 0) is 13.2 Å². The lowest BCUT2D eigenvalue weighted by molar-refractivity contribution is 0.0730. The van der Waals surface area contributed by atoms with E-state index in [9.17, 15) is 9.59 Å². The van der Waals surface area contributed by atoms with Crippen LogP contribution in [0.25, 0.3) is 0 Å². The Morgan fingerprint density at radius 1 is 0.667 bits per heavy atom. The Morgan fingerprint density at radius 3 is 1.79 bits per heavy atom. The molecule has 42 heavy (non-hydrogen) atoms. The van der Waals surface area contributed by atoms with Crippen LogP contribution in [0.15, 0.2) is 84.9 Å². The van der Waals surface area contributed by atoms with Gasteiger partial charge >= 0.3 is 5.97 Å². The van der Waals surface area contributed by atoms with Crippen molar-refractivity contribution in [3.8, 4) is 34.5 Å². The molecule has 0 amide bonds. The number of carbonyl (C=O) groups is 2. The minimum atomic E-state index is -0.709.